The number of carbonyl (C=O) groups excluding carboxylic acids is 1. The highest BCUT2D eigenvalue weighted by atomic mass is 32.1. The first-order valence-corrected chi connectivity index (χ1v) is 10.6. The first-order valence-electron chi connectivity index (χ1n) is 9.69. The number of amides is 1. The topological polar surface area (TPSA) is 60.5 Å². The minimum atomic E-state index is -0.327. The van der Waals surface area contributed by atoms with Crippen LogP contribution in [0.25, 0.3) is 0 Å². The second kappa shape index (κ2) is 9.95. The molecule has 0 saturated carbocycles. The third kappa shape index (κ3) is 5.98. The quantitative estimate of drug-likeness (QED) is 0.707. The van der Waals surface area contributed by atoms with Crippen molar-refractivity contribution in [3.8, 4) is 0 Å². The molecule has 28 heavy (non-hydrogen) atoms. The number of piperazine rings is 1. The van der Waals surface area contributed by atoms with E-state index >= 15 is 0 Å². The van der Waals surface area contributed by atoms with Crippen LogP contribution in [0.3, 0.4) is 0 Å². The Morgan fingerprint density at radius 2 is 2.04 bits per heavy atom. The predicted molar refractivity (Wildman–Crippen MR) is 112 cm³/mol. The van der Waals surface area contributed by atoms with Crippen molar-refractivity contribution in [2.24, 2.45) is 0 Å². The van der Waals surface area contributed by atoms with Gasteiger partial charge in [0.15, 0.2) is 5.13 Å². The van der Waals surface area contributed by atoms with Gasteiger partial charge in [-0.15, -0.1) is 11.3 Å². The van der Waals surface area contributed by atoms with Gasteiger partial charge >= 0.3 is 0 Å². The van der Waals surface area contributed by atoms with Gasteiger partial charge in [0.2, 0.25) is 5.91 Å². The lowest BCUT2D eigenvalue weighted by Gasteiger charge is -2.34. The number of nitrogens with zero attached hydrogens (tertiary/aromatic N) is 3. The highest BCUT2D eigenvalue weighted by molar-refractivity contribution is 7.13. The van der Waals surface area contributed by atoms with Crippen LogP contribution in [-0.2, 0) is 11.2 Å². The van der Waals surface area contributed by atoms with E-state index in [2.05, 4.69) is 39.4 Å². The molecule has 152 valence electrons. The second-order valence-electron chi connectivity index (χ2n) is 7.20. The molecular weight excluding hydrogens is 377 g/mol. The van der Waals surface area contributed by atoms with Crippen LogP contribution in [0.2, 0.25) is 0 Å². The summed E-state index contributed by atoms with van der Waals surface area (Å²) in [5.41, 5.74) is 1.07. The number of aromatic nitrogens is 1. The molecule has 1 saturated heterocycles. The van der Waals surface area contributed by atoms with Gasteiger partial charge in [-0.25, -0.2) is 9.37 Å². The molecule has 1 unspecified atom stereocenters. The van der Waals surface area contributed by atoms with Crippen molar-refractivity contribution >= 4 is 28.1 Å². The molecule has 3 rings (SSSR count). The minimum Gasteiger partial charge on any atom is -0.352 e. The standard InChI is InChI=1S/C20H28FN5OS/c1-3-15(13-26-10-8-25(2)9-11-26)22-19(27)12-16-14-28-20(23-16)24-18-7-5-4-6-17(18)21/h4-7,14-15H,3,8-13H2,1-2H3,(H,22,27)(H,23,24). The molecule has 6 nitrogen and oxygen atoms in total. The van der Waals surface area contributed by atoms with Gasteiger partial charge in [0.25, 0.3) is 0 Å². The van der Waals surface area contributed by atoms with E-state index in [0.29, 0.717) is 16.5 Å². The average Bonchev–Trinajstić information content (AvgIpc) is 3.11. The van der Waals surface area contributed by atoms with E-state index in [1.54, 1.807) is 18.2 Å². The summed E-state index contributed by atoms with van der Waals surface area (Å²) < 4.78 is 13.7. The Balaban J connectivity index is 1.48. The maximum absolute atomic E-state index is 13.7. The van der Waals surface area contributed by atoms with Gasteiger partial charge in [-0.1, -0.05) is 19.1 Å². The molecule has 1 atom stereocenters. The molecule has 8 heteroatoms. The van der Waals surface area contributed by atoms with E-state index in [0.717, 1.165) is 39.1 Å². The van der Waals surface area contributed by atoms with E-state index < -0.39 is 0 Å². The number of benzene rings is 1. The van der Waals surface area contributed by atoms with Gasteiger partial charge in [0, 0.05) is 44.1 Å². The van der Waals surface area contributed by atoms with Crippen molar-refractivity contribution in [1.29, 1.82) is 0 Å². The van der Waals surface area contributed by atoms with E-state index in [1.165, 1.54) is 17.4 Å². The zero-order chi connectivity index (χ0) is 19.9. The Labute approximate surface area is 169 Å². The Hall–Kier alpha value is -2.03. The van der Waals surface area contributed by atoms with E-state index in [-0.39, 0.29) is 24.2 Å². The lowest BCUT2D eigenvalue weighted by molar-refractivity contribution is -0.121. The molecule has 1 aliphatic rings. The fourth-order valence-electron chi connectivity index (χ4n) is 3.19. The molecule has 0 aliphatic carbocycles. The van der Waals surface area contributed by atoms with Gasteiger partial charge in [0.1, 0.15) is 5.82 Å². The molecule has 1 aromatic heterocycles. The number of anilines is 2. The number of para-hydroxylation sites is 1. The summed E-state index contributed by atoms with van der Waals surface area (Å²) in [5.74, 6) is -0.351. The first-order chi connectivity index (χ1) is 13.5. The minimum absolute atomic E-state index is 0.0243. The third-order valence-corrected chi connectivity index (χ3v) is 5.75. The smallest absolute Gasteiger partial charge is 0.226 e. The largest absolute Gasteiger partial charge is 0.352 e. The normalized spacial score (nSPS) is 16.7. The van der Waals surface area contributed by atoms with Crippen LogP contribution in [0.1, 0.15) is 19.0 Å². The maximum Gasteiger partial charge on any atom is 0.226 e. The zero-order valence-corrected chi connectivity index (χ0v) is 17.3. The maximum atomic E-state index is 13.7. The summed E-state index contributed by atoms with van der Waals surface area (Å²) >= 11 is 1.37. The van der Waals surface area contributed by atoms with Crippen LogP contribution in [0.15, 0.2) is 29.6 Å². The molecule has 1 fully saturated rings. The van der Waals surface area contributed by atoms with Crippen LogP contribution < -0.4 is 10.6 Å². The molecule has 2 aromatic rings. The Kier molecular flexibility index (Phi) is 7.36. The number of rotatable bonds is 8. The summed E-state index contributed by atoms with van der Waals surface area (Å²) in [6.45, 7) is 7.20. The SMILES string of the molecule is CCC(CN1CCN(C)CC1)NC(=O)Cc1csc(Nc2ccccc2F)n1. The zero-order valence-electron chi connectivity index (χ0n) is 16.4. The van der Waals surface area contributed by atoms with Crippen LogP contribution in [0, 0.1) is 5.82 Å². The summed E-state index contributed by atoms with van der Waals surface area (Å²) in [4.78, 5) is 21.6. The molecule has 2 N–H and O–H groups in total. The van der Waals surface area contributed by atoms with E-state index in [1.807, 2.05) is 5.38 Å². The highest BCUT2D eigenvalue weighted by Crippen LogP contribution is 2.23. The summed E-state index contributed by atoms with van der Waals surface area (Å²) in [5, 5.41) is 8.52. The molecule has 0 radical (unpaired) electrons. The van der Waals surface area contributed by atoms with Gasteiger partial charge < -0.3 is 15.5 Å². The highest BCUT2D eigenvalue weighted by Gasteiger charge is 2.19. The molecule has 1 aliphatic heterocycles. The van der Waals surface area contributed by atoms with Crippen molar-refractivity contribution in [3.05, 3.63) is 41.2 Å². The number of likely N-dealkylation sites (N-methyl/N-ethyl adjacent to an activating group) is 1. The number of carbonyl (C=O) groups is 1. The number of hydrogen-bond donors (Lipinski definition) is 2. The van der Waals surface area contributed by atoms with Crippen LogP contribution in [-0.4, -0.2) is 66.5 Å². The fraction of sp³-hybridized carbons (Fsp3) is 0.500. The number of hydrogen-bond acceptors (Lipinski definition) is 6. The Bertz CT molecular complexity index is 775. The lowest BCUT2D eigenvalue weighted by atomic mass is 10.2. The van der Waals surface area contributed by atoms with Crippen LogP contribution in [0.4, 0.5) is 15.2 Å². The third-order valence-electron chi connectivity index (χ3n) is 4.94. The summed E-state index contributed by atoms with van der Waals surface area (Å²) in [6, 6.07) is 6.61. The predicted octanol–water partition coefficient (Wildman–Crippen LogP) is 2.71. The van der Waals surface area contributed by atoms with E-state index in [9.17, 15) is 9.18 Å². The van der Waals surface area contributed by atoms with Gasteiger partial charge in [-0.2, -0.15) is 0 Å². The van der Waals surface area contributed by atoms with Crippen molar-refractivity contribution in [1.82, 2.24) is 20.1 Å². The number of thiazole rings is 1. The Morgan fingerprint density at radius 3 is 2.75 bits per heavy atom. The average molecular weight is 406 g/mol. The molecule has 1 amide bonds. The number of nitrogens with one attached hydrogen (secondary N) is 2. The van der Waals surface area contributed by atoms with Crippen molar-refractivity contribution in [2.75, 3.05) is 45.1 Å². The van der Waals surface area contributed by atoms with Crippen molar-refractivity contribution in [2.45, 2.75) is 25.8 Å². The molecule has 1 aromatic carbocycles. The van der Waals surface area contributed by atoms with Gasteiger partial charge in [-0.3, -0.25) is 9.69 Å². The van der Waals surface area contributed by atoms with Gasteiger partial charge in [0.05, 0.1) is 17.8 Å². The summed E-state index contributed by atoms with van der Waals surface area (Å²) in [7, 11) is 2.14. The number of halogens is 1. The van der Waals surface area contributed by atoms with Crippen LogP contribution >= 0.6 is 11.3 Å². The molecular formula is C20H28FN5OS. The molecule has 0 spiro atoms. The monoisotopic (exact) mass is 405 g/mol. The second-order valence-corrected chi connectivity index (χ2v) is 8.06. The Morgan fingerprint density at radius 1 is 1.29 bits per heavy atom. The van der Waals surface area contributed by atoms with Crippen molar-refractivity contribution < 1.29 is 9.18 Å². The molecule has 2 heterocycles. The van der Waals surface area contributed by atoms with Crippen LogP contribution in [0.5, 0.6) is 0 Å². The lowest BCUT2D eigenvalue weighted by Crippen LogP contribution is -2.50. The first kappa shape index (κ1) is 20.7. The van der Waals surface area contributed by atoms with Crippen molar-refractivity contribution in [3.63, 3.8) is 0 Å². The van der Waals surface area contributed by atoms with Gasteiger partial charge in [-0.05, 0) is 25.6 Å². The fourth-order valence-corrected chi connectivity index (χ4v) is 3.91. The molecule has 0 bridgehead atoms. The summed E-state index contributed by atoms with van der Waals surface area (Å²) in [6.07, 6.45) is 1.13. The van der Waals surface area contributed by atoms with E-state index in [4.69, 9.17) is 0 Å².